The monoisotopic (exact) mass is 387 g/mol. The first-order valence-corrected chi connectivity index (χ1v) is 10.6. The van der Waals surface area contributed by atoms with Crippen LogP contribution in [0.1, 0.15) is 28.2 Å². The third-order valence-corrected chi connectivity index (χ3v) is 6.60. The number of para-hydroxylation sites is 1. The molecular formula is C18H17N3O3S2. The first-order chi connectivity index (χ1) is 12.5. The molecule has 6 nitrogen and oxygen atoms in total. The summed E-state index contributed by atoms with van der Waals surface area (Å²) in [5.41, 5.74) is 1.21. The molecular weight excluding hydrogens is 370 g/mol. The molecule has 0 bridgehead atoms. The zero-order valence-electron chi connectivity index (χ0n) is 13.8. The molecule has 0 spiro atoms. The van der Waals surface area contributed by atoms with Crippen LogP contribution in [0.5, 0.6) is 0 Å². The van der Waals surface area contributed by atoms with Gasteiger partial charge in [0.05, 0.1) is 21.7 Å². The molecule has 134 valence electrons. The first-order valence-electron chi connectivity index (χ1n) is 8.26. The normalized spacial score (nSPS) is 14.5. The SMILES string of the molecule is O=C(NCc1nc2ccccc2s1)c1cccc(S(=O)(=O)NC2CC2)c1. The fraction of sp³-hybridized carbons (Fsp3) is 0.222. The van der Waals surface area contributed by atoms with Gasteiger partial charge in [-0.25, -0.2) is 18.1 Å². The van der Waals surface area contributed by atoms with Crippen LogP contribution in [0, 0.1) is 0 Å². The third kappa shape index (κ3) is 3.77. The number of nitrogens with zero attached hydrogens (tertiary/aromatic N) is 1. The first kappa shape index (κ1) is 17.1. The Labute approximate surface area is 155 Å². The molecule has 1 aliphatic rings. The van der Waals surface area contributed by atoms with Crippen LogP contribution in [0.2, 0.25) is 0 Å². The summed E-state index contributed by atoms with van der Waals surface area (Å²) in [5, 5.41) is 3.61. The van der Waals surface area contributed by atoms with Crippen molar-refractivity contribution in [1.29, 1.82) is 0 Å². The van der Waals surface area contributed by atoms with Crippen molar-refractivity contribution in [3.05, 3.63) is 59.1 Å². The maximum atomic E-state index is 12.4. The van der Waals surface area contributed by atoms with Gasteiger partial charge in [0.25, 0.3) is 5.91 Å². The van der Waals surface area contributed by atoms with Crippen molar-refractivity contribution in [2.45, 2.75) is 30.3 Å². The molecule has 1 heterocycles. The molecule has 1 saturated carbocycles. The van der Waals surface area contributed by atoms with Crippen LogP contribution >= 0.6 is 11.3 Å². The van der Waals surface area contributed by atoms with E-state index in [-0.39, 0.29) is 16.8 Å². The lowest BCUT2D eigenvalue weighted by molar-refractivity contribution is 0.0950. The number of fused-ring (bicyclic) bond motifs is 1. The van der Waals surface area contributed by atoms with Crippen LogP contribution in [-0.2, 0) is 16.6 Å². The van der Waals surface area contributed by atoms with Gasteiger partial charge in [-0.1, -0.05) is 18.2 Å². The molecule has 2 N–H and O–H groups in total. The van der Waals surface area contributed by atoms with Crippen LogP contribution in [0.25, 0.3) is 10.2 Å². The van der Waals surface area contributed by atoms with E-state index < -0.39 is 10.0 Å². The molecule has 0 radical (unpaired) electrons. The van der Waals surface area contributed by atoms with Crippen LogP contribution in [0.3, 0.4) is 0 Å². The van der Waals surface area contributed by atoms with E-state index in [1.807, 2.05) is 24.3 Å². The predicted molar refractivity (Wildman–Crippen MR) is 101 cm³/mol. The van der Waals surface area contributed by atoms with Crippen molar-refractivity contribution < 1.29 is 13.2 Å². The minimum Gasteiger partial charge on any atom is -0.346 e. The molecule has 26 heavy (non-hydrogen) atoms. The van der Waals surface area contributed by atoms with Gasteiger partial charge in [0, 0.05) is 11.6 Å². The van der Waals surface area contributed by atoms with Gasteiger partial charge in [-0.3, -0.25) is 4.79 Å². The van der Waals surface area contributed by atoms with E-state index in [1.165, 1.54) is 23.5 Å². The van der Waals surface area contributed by atoms with E-state index in [2.05, 4.69) is 15.0 Å². The quantitative estimate of drug-likeness (QED) is 0.681. The Hall–Kier alpha value is -2.29. The second kappa shape index (κ2) is 6.79. The number of carbonyl (C=O) groups excluding carboxylic acids is 1. The molecule has 1 aromatic heterocycles. The molecule has 1 aliphatic carbocycles. The molecule has 0 aliphatic heterocycles. The highest BCUT2D eigenvalue weighted by Gasteiger charge is 2.28. The second-order valence-corrected chi connectivity index (χ2v) is 9.01. The smallest absolute Gasteiger partial charge is 0.251 e. The maximum absolute atomic E-state index is 12.4. The van der Waals surface area contributed by atoms with Gasteiger partial charge in [0.15, 0.2) is 0 Å². The van der Waals surface area contributed by atoms with Gasteiger partial charge in [0.1, 0.15) is 5.01 Å². The van der Waals surface area contributed by atoms with Gasteiger partial charge in [-0.15, -0.1) is 11.3 Å². The lowest BCUT2D eigenvalue weighted by atomic mass is 10.2. The van der Waals surface area contributed by atoms with Crippen LogP contribution < -0.4 is 10.0 Å². The molecule has 0 unspecified atom stereocenters. The number of hydrogen-bond donors (Lipinski definition) is 2. The molecule has 0 saturated heterocycles. The molecule has 1 fully saturated rings. The molecule has 0 atom stereocenters. The number of sulfonamides is 1. The van der Waals surface area contributed by atoms with Gasteiger partial charge in [0.2, 0.25) is 10.0 Å². The molecule has 8 heteroatoms. The van der Waals surface area contributed by atoms with Gasteiger partial charge < -0.3 is 5.32 Å². The number of aromatic nitrogens is 1. The van der Waals surface area contributed by atoms with E-state index in [4.69, 9.17) is 0 Å². The van der Waals surface area contributed by atoms with E-state index >= 15 is 0 Å². The number of benzene rings is 2. The van der Waals surface area contributed by atoms with Crippen molar-refractivity contribution in [1.82, 2.24) is 15.0 Å². The minimum absolute atomic E-state index is 0.0246. The number of rotatable bonds is 6. The summed E-state index contributed by atoms with van der Waals surface area (Å²) in [6.45, 7) is 0.301. The Bertz CT molecular complexity index is 1040. The average molecular weight is 387 g/mol. The third-order valence-electron chi connectivity index (χ3n) is 4.04. The summed E-state index contributed by atoms with van der Waals surface area (Å²) in [6, 6.07) is 13.9. The van der Waals surface area contributed by atoms with E-state index in [1.54, 1.807) is 12.1 Å². The second-order valence-electron chi connectivity index (χ2n) is 6.18. The lowest BCUT2D eigenvalue weighted by Gasteiger charge is -2.08. The Balaban J connectivity index is 1.46. The van der Waals surface area contributed by atoms with Crippen molar-refractivity contribution in [3.8, 4) is 0 Å². The fourth-order valence-electron chi connectivity index (χ4n) is 2.55. The summed E-state index contributed by atoms with van der Waals surface area (Å²) >= 11 is 1.52. The molecule has 4 rings (SSSR count). The van der Waals surface area contributed by atoms with Gasteiger partial charge in [-0.05, 0) is 43.2 Å². The maximum Gasteiger partial charge on any atom is 0.251 e. The Kier molecular flexibility index (Phi) is 4.47. The summed E-state index contributed by atoms with van der Waals surface area (Å²) in [4.78, 5) is 17.0. The molecule has 1 amide bonds. The minimum atomic E-state index is -3.58. The number of carbonyl (C=O) groups is 1. The topological polar surface area (TPSA) is 88.2 Å². The number of thiazole rings is 1. The number of hydrogen-bond acceptors (Lipinski definition) is 5. The summed E-state index contributed by atoms with van der Waals surface area (Å²) < 4.78 is 28.3. The highest BCUT2D eigenvalue weighted by atomic mass is 32.2. The van der Waals surface area contributed by atoms with Crippen molar-refractivity contribution >= 4 is 37.5 Å². The Morgan fingerprint density at radius 1 is 1.15 bits per heavy atom. The standard InChI is InChI=1S/C18H17N3O3S2/c22-18(19-11-17-20-15-6-1-2-7-16(15)25-17)12-4-3-5-14(10-12)26(23,24)21-13-8-9-13/h1-7,10,13,21H,8-9,11H2,(H,19,22). The molecule has 2 aromatic carbocycles. The summed E-state index contributed by atoms with van der Waals surface area (Å²) in [7, 11) is -3.58. The average Bonchev–Trinajstić information content (AvgIpc) is 3.34. The zero-order chi connectivity index (χ0) is 18.1. The number of amides is 1. The Morgan fingerprint density at radius 2 is 1.96 bits per heavy atom. The zero-order valence-corrected chi connectivity index (χ0v) is 15.4. The van der Waals surface area contributed by atoms with Crippen molar-refractivity contribution in [2.75, 3.05) is 0 Å². The van der Waals surface area contributed by atoms with E-state index in [0.717, 1.165) is 28.1 Å². The van der Waals surface area contributed by atoms with Crippen molar-refractivity contribution in [3.63, 3.8) is 0 Å². The largest absolute Gasteiger partial charge is 0.346 e. The van der Waals surface area contributed by atoms with Gasteiger partial charge in [-0.2, -0.15) is 0 Å². The predicted octanol–water partition coefficient (Wildman–Crippen LogP) is 2.67. The van der Waals surface area contributed by atoms with Crippen LogP contribution in [0.4, 0.5) is 0 Å². The van der Waals surface area contributed by atoms with E-state index in [0.29, 0.717) is 12.1 Å². The van der Waals surface area contributed by atoms with Crippen molar-refractivity contribution in [2.24, 2.45) is 0 Å². The highest BCUT2D eigenvalue weighted by molar-refractivity contribution is 7.89. The fourth-order valence-corrected chi connectivity index (χ4v) is 4.80. The van der Waals surface area contributed by atoms with Crippen LogP contribution in [0.15, 0.2) is 53.4 Å². The lowest BCUT2D eigenvalue weighted by Crippen LogP contribution is -2.27. The van der Waals surface area contributed by atoms with Crippen LogP contribution in [-0.4, -0.2) is 25.4 Å². The Morgan fingerprint density at radius 3 is 2.73 bits per heavy atom. The van der Waals surface area contributed by atoms with E-state index in [9.17, 15) is 13.2 Å². The highest BCUT2D eigenvalue weighted by Crippen LogP contribution is 2.23. The van der Waals surface area contributed by atoms with Gasteiger partial charge >= 0.3 is 0 Å². The number of nitrogens with one attached hydrogen (secondary N) is 2. The summed E-state index contributed by atoms with van der Waals surface area (Å²) in [6.07, 6.45) is 1.73. The summed E-state index contributed by atoms with van der Waals surface area (Å²) in [5.74, 6) is -0.326. The molecule has 3 aromatic rings.